The number of hydrogen-bond donors (Lipinski definition) is 2. The predicted octanol–water partition coefficient (Wildman–Crippen LogP) is 1.36. The SMILES string of the molecule is O=C(N[C@H]1CCC[C@H]1C(=O)O)C1Cc2ccccc2O1. The average molecular weight is 275 g/mol. The Hall–Kier alpha value is -2.04. The maximum absolute atomic E-state index is 12.2. The molecule has 2 N–H and O–H groups in total. The molecule has 0 bridgehead atoms. The molecule has 5 heteroatoms. The highest BCUT2D eigenvalue weighted by atomic mass is 16.5. The van der Waals surface area contributed by atoms with Gasteiger partial charge in [-0.05, 0) is 24.5 Å². The molecule has 1 fully saturated rings. The largest absolute Gasteiger partial charge is 0.481 e. The summed E-state index contributed by atoms with van der Waals surface area (Å²) in [5.74, 6) is -0.764. The minimum Gasteiger partial charge on any atom is -0.481 e. The van der Waals surface area contributed by atoms with Gasteiger partial charge in [-0.3, -0.25) is 9.59 Å². The third kappa shape index (κ3) is 2.35. The summed E-state index contributed by atoms with van der Waals surface area (Å²) in [6, 6.07) is 7.31. The lowest BCUT2D eigenvalue weighted by Gasteiger charge is -2.19. The number of benzene rings is 1. The first-order chi connectivity index (χ1) is 9.65. The zero-order valence-electron chi connectivity index (χ0n) is 11.0. The molecule has 20 heavy (non-hydrogen) atoms. The molecular weight excluding hydrogens is 258 g/mol. The average Bonchev–Trinajstić information content (AvgIpc) is 3.03. The first-order valence-electron chi connectivity index (χ1n) is 6.93. The lowest BCUT2D eigenvalue weighted by Crippen LogP contribution is -2.46. The van der Waals surface area contributed by atoms with E-state index in [1.165, 1.54) is 0 Å². The normalized spacial score (nSPS) is 27.7. The van der Waals surface area contributed by atoms with Gasteiger partial charge in [-0.2, -0.15) is 0 Å². The van der Waals surface area contributed by atoms with Crippen molar-refractivity contribution in [2.45, 2.75) is 37.8 Å². The van der Waals surface area contributed by atoms with Crippen molar-refractivity contribution in [1.29, 1.82) is 0 Å². The van der Waals surface area contributed by atoms with Crippen molar-refractivity contribution in [2.75, 3.05) is 0 Å². The smallest absolute Gasteiger partial charge is 0.308 e. The van der Waals surface area contributed by atoms with Crippen LogP contribution in [0.15, 0.2) is 24.3 Å². The Morgan fingerprint density at radius 1 is 1.25 bits per heavy atom. The number of carboxylic acids is 1. The fraction of sp³-hybridized carbons (Fsp3) is 0.467. The van der Waals surface area contributed by atoms with Crippen molar-refractivity contribution in [3.8, 4) is 5.75 Å². The molecule has 0 spiro atoms. The Morgan fingerprint density at radius 2 is 2.05 bits per heavy atom. The summed E-state index contributed by atoms with van der Waals surface area (Å²) in [5, 5.41) is 12.0. The van der Waals surface area contributed by atoms with E-state index < -0.39 is 18.0 Å². The zero-order valence-corrected chi connectivity index (χ0v) is 11.0. The molecule has 3 atom stereocenters. The third-order valence-corrected chi connectivity index (χ3v) is 4.10. The van der Waals surface area contributed by atoms with E-state index in [2.05, 4.69) is 5.32 Å². The van der Waals surface area contributed by atoms with Crippen LogP contribution in [0, 0.1) is 5.92 Å². The summed E-state index contributed by atoms with van der Waals surface area (Å²) < 4.78 is 5.62. The number of fused-ring (bicyclic) bond motifs is 1. The number of hydrogen-bond acceptors (Lipinski definition) is 3. The van der Waals surface area contributed by atoms with E-state index in [4.69, 9.17) is 9.84 Å². The van der Waals surface area contributed by atoms with Gasteiger partial charge in [0.15, 0.2) is 6.10 Å². The summed E-state index contributed by atoms with van der Waals surface area (Å²) >= 11 is 0. The quantitative estimate of drug-likeness (QED) is 0.873. The highest BCUT2D eigenvalue weighted by molar-refractivity contribution is 5.83. The van der Waals surface area contributed by atoms with Gasteiger partial charge in [-0.1, -0.05) is 24.6 Å². The van der Waals surface area contributed by atoms with Crippen LogP contribution in [-0.2, 0) is 16.0 Å². The molecule has 1 aromatic rings. The highest BCUT2D eigenvalue weighted by Crippen LogP contribution is 2.29. The standard InChI is InChI=1S/C15H17NO4/c17-14(16-11-6-3-5-10(11)15(18)19)13-8-9-4-1-2-7-12(9)20-13/h1-2,4,7,10-11,13H,3,5-6,8H2,(H,16,17)(H,18,19)/t10-,11+,13?/m1/s1. The molecule has 0 saturated heterocycles. The van der Waals surface area contributed by atoms with Crippen molar-refractivity contribution in [2.24, 2.45) is 5.92 Å². The number of rotatable bonds is 3. The summed E-state index contributed by atoms with van der Waals surface area (Å²) in [4.78, 5) is 23.3. The summed E-state index contributed by atoms with van der Waals surface area (Å²) in [7, 11) is 0. The van der Waals surface area contributed by atoms with Crippen molar-refractivity contribution < 1.29 is 19.4 Å². The van der Waals surface area contributed by atoms with E-state index >= 15 is 0 Å². The second-order valence-electron chi connectivity index (χ2n) is 5.41. The number of ether oxygens (including phenoxy) is 1. The number of carbonyl (C=O) groups is 2. The van der Waals surface area contributed by atoms with Gasteiger partial charge < -0.3 is 15.2 Å². The van der Waals surface area contributed by atoms with E-state index in [1.54, 1.807) is 0 Å². The second kappa shape index (κ2) is 5.15. The third-order valence-electron chi connectivity index (χ3n) is 4.10. The molecule has 3 rings (SSSR count). The maximum Gasteiger partial charge on any atom is 0.308 e. The zero-order chi connectivity index (χ0) is 14.1. The van der Waals surface area contributed by atoms with E-state index in [9.17, 15) is 9.59 Å². The number of para-hydroxylation sites is 1. The van der Waals surface area contributed by atoms with Crippen molar-refractivity contribution in [3.63, 3.8) is 0 Å². The van der Waals surface area contributed by atoms with Gasteiger partial charge in [0.2, 0.25) is 0 Å². The van der Waals surface area contributed by atoms with Crippen molar-refractivity contribution >= 4 is 11.9 Å². The summed E-state index contributed by atoms with van der Waals surface area (Å²) in [6.45, 7) is 0. The number of nitrogens with one attached hydrogen (secondary N) is 1. The number of carboxylic acid groups (broad SMARTS) is 1. The molecule has 1 aliphatic carbocycles. The maximum atomic E-state index is 12.2. The van der Waals surface area contributed by atoms with E-state index in [-0.39, 0.29) is 11.9 Å². The summed E-state index contributed by atoms with van der Waals surface area (Å²) in [5.41, 5.74) is 1.02. The number of aliphatic carboxylic acids is 1. The molecule has 5 nitrogen and oxygen atoms in total. The van der Waals surface area contributed by atoms with Crippen LogP contribution in [0.25, 0.3) is 0 Å². The van der Waals surface area contributed by atoms with Gasteiger partial charge in [0.1, 0.15) is 5.75 Å². The Morgan fingerprint density at radius 3 is 2.80 bits per heavy atom. The van der Waals surface area contributed by atoms with Gasteiger partial charge in [-0.15, -0.1) is 0 Å². The minimum absolute atomic E-state index is 0.209. The lowest BCUT2D eigenvalue weighted by atomic mass is 10.0. The van der Waals surface area contributed by atoms with E-state index in [1.807, 2.05) is 24.3 Å². The van der Waals surface area contributed by atoms with Crippen LogP contribution >= 0.6 is 0 Å². The van der Waals surface area contributed by atoms with E-state index in [0.717, 1.165) is 24.2 Å². The van der Waals surface area contributed by atoms with Gasteiger partial charge in [0.25, 0.3) is 5.91 Å². The number of amides is 1. The first kappa shape index (κ1) is 13.0. The predicted molar refractivity (Wildman–Crippen MR) is 71.5 cm³/mol. The molecule has 0 aromatic heterocycles. The summed E-state index contributed by atoms with van der Waals surface area (Å²) in [6.07, 6.45) is 2.21. The monoisotopic (exact) mass is 275 g/mol. The van der Waals surface area contributed by atoms with Crippen LogP contribution < -0.4 is 10.1 Å². The lowest BCUT2D eigenvalue weighted by molar-refractivity contribution is -0.142. The van der Waals surface area contributed by atoms with Gasteiger partial charge >= 0.3 is 5.97 Å². The minimum atomic E-state index is -0.830. The highest BCUT2D eigenvalue weighted by Gasteiger charge is 2.37. The molecule has 1 saturated carbocycles. The topological polar surface area (TPSA) is 75.6 Å². The molecule has 1 heterocycles. The Balaban J connectivity index is 1.63. The van der Waals surface area contributed by atoms with Crippen molar-refractivity contribution in [3.05, 3.63) is 29.8 Å². The Bertz CT molecular complexity index is 517. The van der Waals surface area contributed by atoms with E-state index in [0.29, 0.717) is 12.8 Å². The fourth-order valence-electron chi connectivity index (χ4n) is 3.03. The molecule has 2 aliphatic rings. The van der Waals surface area contributed by atoms with Gasteiger partial charge in [0, 0.05) is 12.5 Å². The Labute approximate surface area is 116 Å². The molecule has 1 aliphatic heterocycles. The fourth-order valence-corrected chi connectivity index (χ4v) is 3.03. The van der Waals surface area contributed by atoms with Crippen LogP contribution in [0.5, 0.6) is 5.75 Å². The van der Waals surface area contributed by atoms with Crippen LogP contribution in [-0.4, -0.2) is 29.1 Å². The molecule has 0 radical (unpaired) electrons. The molecule has 1 amide bonds. The molecular formula is C15H17NO4. The van der Waals surface area contributed by atoms with Gasteiger partial charge in [0.05, 0.1) is 5.92 Å². The molecule has 1 aromatic carbocycles. The van der Waals surface area contributed by atoms with Gasteiger partial charge in [-0.25, -0.2) is 0 Å². The van der Waals surface area contributed by atoms with Crippen LogP contribution in [0.1, 0.15) is 24.8 Å². The second-order valence-corrected chi connectivity index (χ2v) is 5.41. The van der Waals surface area contributed by atoms with Crippen LogP contribution in [0.3, 0.4) is 0 Å². The molecule has 1 unspecified atom stereocenters. The Kier molecular flexibility index (Phi) is 3.34. The van der Waals surface area contributed by atoms with Crippen LogP contribution in [0.4, 0.5) is 0 Å². The first-order valence-corrected chi connectivity index (χ1v) is 6.93. The van der Waals surface area contributed by atoms with Crippen molar-refractivity contribution in [1.82, 2.24) is 5.32 Å². The van der Waals surface area contributed by atoms with Crippen LogP contribution in [0.2, 0.25) is 0 Å². The molecule has 106 valence electrons. The number of carbonyl (C=O) groups excluding carboxylic acids is 1.